The van der Waals surface area contributed by atoms with Gasteiger partial charge in [0.1, 0.15) is 5.70 Å². The summed E-state index contributed by atoms with van der Waals surface area (Å²) in [6.07, 6.45) is 3.02. The summed E-state index contributed by atoms with van der Waals surface area (Å²) in [6.45, 7) is 5.57. The van der Waals surface area contributed by atoms with Crippen LogP contribution in [0.3, 0.4) is 0 Å². The second-order valence-electron chi connectivity index (χ2n) is 5.39. The van der Waals surface area contributed by atoms with Gasteiger partial charge < -0.3 is 25.3 Å². The van der Waals surface area contributed by atoms with E-state index in [4.69, 9.17) is 4.74 Å². The van der Waals surface area contributed by atoms with Gasteiger partial charge in [0.15, 0.2) is 0 Å². The second kappa shape index (κ2) is 7.06. The fraction of sp³-hybridized carbons (Fsp3) is 0.571. The minimum absolute atomic E-state index is 0.0924. The molecule has 0 saturated carbocycles. The van der Waals surface area contributed by atoms with Gasteiger partial charge in [-0.05, 0) is 19.9 Å². The summed E-state index contributed by atoms with van der Waals surface area (Å²) in [5, 5.41) is 2.97. The van der Waals surface area contributed by atoms with Crippen LogP contribution in [0.15, 0.2) is 23.7 Å². The molecule has 8 nitrogen and oxygen atoms in total. The first kappa shape index (κ1) is 16.0. The summed E-state index contributed by atoms with van der Waals surface area (Å²) in [5.41, 5.74) is 6.97. The lowest BCUT2D eigenvalue weighted by Gasteiger charge is -2.35. The van der Waals surface area contributed by atoms with Crippen LogP contribution >= 0.6 is 0 Å². The molecule has 0 atom stereocenters. The molecule has 1 fully saturated rings. The Kier molecular flexibility index (Phi) is 5.13. The van der Waals surface area contributed by atoms with E-state index in [9.17, 15) is 9.59 Å². The summed E-state index contributed by atoms with van der Waals surface area (Å²) in [7, 11) is 1.79. The van der Waals surface area contributed by atoms with Gasteiger partial charge in [-0.15, -0.1) is 0 Å². The average molecular weight is 309 g/mol. The Morgan fingerprint density at radius 3 is 2.45 bits per heavy atom. The van der Waals surface area contributed by atoms with Gasteiger partial charge >= 0.3 is 6.09 Å². The highest BCUT2D eigenvalue weighted by Gasteiger charge is 2.27. The molecule has 0 unspecified atom stereocenters. The van der Waals surface area contributed by atoms with Gasteiger partial charge in [0.2, 0.25) is 0 Å². The van der Waals surface area contributed by atoms with Gasteiger partial charge in [-0.3, -0.25) is 10.2 Å². The van der Waals surface area contributed by atoms with Crippen LogP contribution < -0.4 is 16.2 Å². The molecule has 2 aliphatic heterocycles. The molecule has 2 aliphatic rings. The first-order valence-electron chi connectivity index (χ1n) is 7.37. The molecule has 122 valence electrons. The smallest absolute Gasteiger partial charge is 0.410 e. The van der Waals surface area contributed by atoms with Crippen molar-refractivity contribution in [3.63, 3.8) is 0 Å². The Labute approximate surface area is 130 Å². The first-order valence-corrected chi connectivity index (χ1v) is 7.37. The average Bonchev–Trinajstić information content (AvgIpc) is 2.53. The number of hydrogen-bond donors (Lipinski definition) is 3. The highest BCUT2D eigenvalue weighted by molar-refractivity contribution is 5.93. The number of ether oxygens (including phenoxy) is 1. The SMILES string of the molecule is CNC1=CNNC(C(=O)N2CCN(C(=O)OC(C)C)CC2)=C1. The number of piperazine rings is 1. The molecule has 0 radical (unpaired) electrons. The third kappa shape index (κ3) is 3.84. The monoisotopic (exact) mass is 309 g/mol. The summed E-state index contributed by atoms with van der Waals surface area (Å²) in [5.74, 6) is -0.0924. The molecule has 3 N–H and O–H groups in total. The number of likely N-dealkylation sites (N-methyl/N-ethyl adjacent to an activating group) is 1. The molecular formula is C14H23N5O3. The number of carbonyl (C=O) groups is 2. The fourth-order valence-electron chi connectivity index (χ4n) is 2.22. The quantitative estimate of drug-likeness (QED) is 0.665. The van der Waals surface area contributed by atoms with Gasteiger partial charge in [0.05, 0.1) is 11.8 Å². The van der Waals surface area contributed by atoms with Crippen molar-refractivity contribution in [2.75, 3.05) is 33.2 Å². The molecule has 0 aromatic carbocycles. The van der Waals surface area contributed by atoms with Crippen LogP contribution in [-0.4, -0.2) is 61.1 Å². The summed E-state index contributed by atoms with van der Waals surface area (Å²) < 4.78 is 5.16. The lowest BCUT2D eigenvalue weighted by atomic mass is 10.2. The highest BCUT2D eigenvalue weighted by atomic mass is 16.6. The van der Waals surface area contributed by atoms with E-state index in [0.717, 1.165) is 5.70 Å². The Morgan fingerprint density at radius 2 is 1.86 bits per heavy atom. The number of amides is 2. The van der Waals surface area contributed by atoms with Gasteiger partial charge in [-0.25, -0.2) is 4.79 Å². The minimum atomic E-state index is -0.320. The number of rotatable bonds is 3. The van der Waals surface area contributed by atoms with Crippen molar-refractivity contribution in [1.29, 1.82) is 0 Å². The maximum absolute atomic E-state index is 12.4. The van der Waals surface area contributed by atoms with E-state index in [1.807, 2.05) is 13.8 Å². The predicted octanol–water partition coefficient (Wildman–Crippen LogP) is -0.272. The van der Waals surface area contributed by atoms with Crippen LogP contribution in [0.5, 0.6) is 0 Å². The molecule has 2 heterocycles. The lowest BCUT2D eigenvalue weighted by Crippen LogP contribution is -2.53. The maximum atomic E-state index is 12.4. The standard InChI is InChI=1S/C14H23N5O3/c1-10(2)22-14(21)19-6-4-18(5-7-19)13(20)12-8-11(15-3)9-16-17-12/h8-10,15-17H,4-7H2,1-3H3. The number of allylic oxidation sites excluding steroid dienone is 1. The number of carbonyl (C=O) groups excluding carboxylic acids is 2. The van der Waals surface area contributed by atoms with E-state index in [-0.39, 0.29) is 18.1 Å². The maximum Gasteiger partial charge on any atom is 0.410 e. The zero-order valence-corrected chi connectivity index (χ0v) is 13.2. The van der Waals surface area contributed by atoms with Crippen molar-refractivity contribution in [3.05, 3.63) is 23.7 Å². The van der Waals surface area contributed by atoms with E-state index in [1.54, 1.807) is 29.1 Å². The van der Waals surface area contributed by atoms with Gasteiger partial charge in [0.25, 0.3) is 5.91 Å². The molecular weight excluding hydrogens is 286 g/mol. The Morgan fingerprint density at radius 1 is 1.23 bits per heavy atom. The van der Waals surface area contributed by atoms with Crippen molar-refractivity contribution in [2.24, 2.45) is 0 Å². The topological polar surface area (TPSA) is 85.9 Å². The van der Waals surface area contributed by atoms with Crippen molar-refractivity contribution in [3.8, 4) is 0 Å². The van der Waals surface area contributed by atoms with Crippen molar-refractivity contribution in [2.45, 2.75) is 20.0 Å². The molecule has 0 aromatic rings. The minimum Gasteiger partial charge on any atom is -0.447 e. The number of hydrazine groups is 1. The molecule has 22 heavy (non-hydrogen) atoms. The molecule has 0 aromatic heterocycles. The van der Waals surface area contributed by atoms with E-state index in [0.29, 0.717) is 31.9 Å². The Bertz CT molecular complexity index is 493. The van der Waals surface area contributed by atoms with E-state index >= 15 is 0 Å². The molecule has 2 rings (SSSR count). The molecule has 0 aliphatic carbocycles. The van der Waals surface area contributed by atoms with Gasteiger partial charge in [0, 0.05) is 39.4 Å². The van der Waals surface area contributed by atoms with E-state index in [1.165, 1.54) is 0 Å². The Balaban J connectivity index is 1.89. The first-order chi connectivity index (χ1) is 10.5. The summed E-state index contributed by atoms with van der Waals surface area (Å²) >= 11 is 0. The summed E-state index contributed by atoms with van der Waals surface area (Å²) in [4.78, 5) is 27.6. The second-order valence-corrected chi connectivity index (χ2v) is 5.39. The zero-order chi connectivity index (χ0) is 16.1. The van der Waals surface area contributed by atoms with Crippen LogP contribution in [0.4, 0.5) is 4.79 Å². The normalized spacial score (nSPS) is 18.0. The van der Waals surface area contributed by atoms with Crippen LogP contribution in [0.1, 0.15) is 13.8 Å². The predicted molar refractivity (Wildman–Crippen MR) is 81.3 cm³/mol. The summed E-state index contributed by atoms with van der Waals surface area (Å²) in [6, 6.07) is 0. The third-order valence-corrected chi connectivity index (χ3v) is 3.42. The Hall–Kier alpha value is -2.38. The zero-order valence-electron chi connectivity index (χ0n) is 13.2. The van der Waals surface area contributed by atoms with Crippen molar-refractivity contribution in [1.82, 2.24) is 26.0 Å². The van der Waals surface area contributed by atoms with Crippen molar-refractivity contribution >= 4 is 12.0 Å². The van der Waals surface area contributed by atoms with Crippen molar-refractivity contribution < 1.29 is 14.3 Å². The number of nitrogens with zero attached hydrogens (tertiary/aromatic N) is 2. The lowest BCUT2D eigenvalue weighted by molar-refractivity contribution is -0.129. The van der Waals surface area contributed by atoms with Crippen LogP contribution in [0.25, 0.3) is 0 Å². The number of nitrogens with one attached hydrogen (secondary N) is 3. The largest absolute Gasteiger partial charge is 0.447 e. The van der Waals surface area contributed by atoms with Gasteiger partial charge in [-0.1, -0.05) is 0 Å². The third-order valence-electron chi connectivity index (χ3n) is 3.42. The van der Waals surface area contributed by atoms with Crippen LogP contribution in [0, 0.1) is 0 Å². The molecule has 2 amide bonds. The molecule has 0 bridgehead atoms. The van der Waals surface area contributed by atoms with E-state index < -0.39 is 0 Å². The molecule has 8 heteroatoms. The van der Waals surface area contributed by atoms with Crippen LogP contribution in [0.2, 0.25) is 0 Å². The molecule has 0 spiro atoms. The van der Waals surface area contributed by atoms with Gasteiger partial charge in [-0.2, -0.15) is 0 Å². The number of hydrogen-bond acceptors (Lipinski definition) is 6. The molecule has 1 saturated heterocycles. The fourth-order valence-corrected chi connectivity index (χ4v) is 2.22. The van der Waals surface area contributed by atoms with E-state index in [2.05, 4.69) is 16.2 Å². The highest BCUT2D eigenvalue weighted by Crippen LogP contribution is 2.10. The van der Waals surface area contributed by atoms with Crippen LogP contribution in [-0.2, 0) is 9.53 Å².